The SMILES string of the molecule is CC(C)(C)c1cc(CN(CCS)Cc2ccccn2)cc(C(C)(C)C)c1. The molecule has 2 rings (SSSR count). The van der Waals surface area contributed by atoms with Crippen molar-refractivity contribution in [2.75, 3.05) is 12.3 Å². The van der Waals surface area contributed by atoms with Crippen molar-refractivity contribution < 1.29 is 0 Å². The van der Waals surface area contributed by atoms with E-state index in [1.54, 1.807) is 0 Å². The van der Waals surface area contributed by atoms with Crippen molar-refractivity contribution in [3.8, 4) is 0 Å². The lowest BCUT2D eigenvalue weighted by Gasteiger charge is -2.28. The predicted octanol–water partition coefficient (Wildman–Crippen LogP) is 5.61. The van der Waals surface area contributed by atoms with Crippen LogP contribution in [0.25, 0.3) is 0 Å². The second-order valence-electron chi connectivity index (χ2n) is 9.17. The molecule has 1 aromatic carbocycles. The van der Waals surface area contributed by atoms with E-state index in [0.717, 1.165) is 31.1 Å². The molecule has 0 amide bonds. The van der Waals surface area contributed by atoms with Crippen LogP contribution in [0.5, 0.6) is 0 Å². The van der Waals surface area contributed by atoms with Crippen LogP contribution in [-0.2, 0) is 23.9 Å². The van der Waals surface area contributed by atoms with Gasteiger partial charge in [-0.25, -0.2) is 0 Å². The van der Waals surface area contributed by atoms with E-state index >= 15 is 0 Å². The molecule has 0 aliphatic carbocycles. The largest absolute Gasteiger partial charge is 0.292 e. The van der Waals surface area contributed by atoms with Crippen LogP contribution in [0.15, 0.2) is 42.6 Å². The Morgan fingerprint density at radius 1 is 0.885 bits per heavy atom. The van der Waals surface area contributed by atoms with Crippen LogP contribution in [0.4, 0.5) is 0 Å². The summed E-state index contributed by atoms with van der Waals surface area (Å²) in [6.07, 6.45) is 1.87. The number of hydrogen-bond donors (Lipinski definition) is 1. The number of rotatable bonds is 6. The summed E-state index contributed by atoms with van der Waals surface area (Å²) < 4.78 is 0. The van der Waals surface area contributed by atoms with Crippen molar-refractivity contribution in [3.63, 3.8) is 0 Å². The normalized spacial score (nSPS) is 12.6. The van der Waals surface area contributed by atoms with Gasteiger partial charge in [-0.2, -0.15) is 12.6 Å². The Kier molecular flexibility index (Phi) is 6.92. The lowest BCUT2D eigenvalue weighted by atomic mass is 9.79. The van der Waals surface area contributed by atoms with Gasteiger partial charge in [-0.1, -0.05) is 65.8 Å². The molecule has 0 saturated heterocycles. The molecule has 0 bridgehead atoms. The van der Waals surface area contributed by atoms with Crippen LogP contribution < -0.4 is 0 Å². The summed E-state index contributed by atoms with van der Waals surface area (Å²) in [5.41, 5.74) is 5.58. The fraction of sp³-hybridized carbons (Fsp3) is 0.522. The molecule has 1 aromatic heterocycles. The molecule has 0 atom stereocenters. The van der Waals surface area contributed by atoms with Crippen molar-refractivity contribution in [2.45, 2.75) is 65.5 Å². The van der Waals surface area contributed by atoms with Crippen LogP contribution in [-0.4, -0.2) is 22.2 Å². The van der Waals surface area contributed by atoms with Gasteiger partial charge in [0.1, 0.15) is 0 Å². The van der Waals surface area contributed by atoms with Crippen molar-refractivity contribution in [2.24, 2.45) is 0 Å². The van der Waals surface area contributed by atoms with Crippen molar-refractivity contribution in [1.82, 2.24) is 9.88 Å². The van der Waals surface area contributed by atoms with Gasteiger partial charge >= 0.3 is 0 Å². The third kappa shape index (κ3) is 6.14. The van der Waals surface area contributed by atoms with Crippen LogP contribution in [0.3, 0.4) is 0 Å². The van der Waals surface area contributed by atoms with Crippen molar-refractivity contribution >= 4 is 12.6 Å². The first-order valence-corrected chi connectivity index (χ1v) is 10.1. The summed E-state index contributed by atoms with van der Waals surface area (Å²) in [6.45, 7) is 16.5. The second-order valence-corrected chi connectivity index (χ2v) is 9.62. The Labute approximate surface area is 165 Å². The standard InChI is InChI=1S/C23H34N2S/c1-22(2,3)19-13-18(14-20(15-19)23(4,5)6)16-25(11-12-26)17-21-9-7-8-10-24-21/h7-10,13-15,26H,11-12,16-17H2,1-6H3. The lowest BCUT2D eigenvalue weighted by molar-refractivity contribution is 0.270. The van der Waals surface area contributed by atoms with Gasteiger partial charge in [0.15, 0.2) is 0 Å². The van der Waals surface area contributed by atoms with Gasteiger partial charge < -0.3 is 0 Å². The van der Waals surface area contributed by atoms with E-state index in [2.05, 4.69) is 94.4 Å². The zero-order valence-electron chi connectivity index (χ0n) is 17.2. The van der Waals surface area contributed by atoms with E-state index in [9.17, 15) is 0 Å². The highest BCUT2D eigenvalue weighted by Crippen LogP contribution is 2.30. The molecule has 0 saturated carbocycles. The van der Waals surface area contributed by atoms with Crippen molar-refractivity contribution in [1.29, 1.82) is 0 Å². The predicted molar refractivity (Wildman–Crippen MR) is 116 cm³/mol. The Balaban J connectivity index is 2.32. The Morgan fingerprint density at radius 2 is 1.50 bits per heavy atom. The van der Waals surface area contributed by atoms with E-state index in [1.807, 2.05) is 12.3 Å². The molecule has 0 unspecified atom stereocenters. The van der Waals surface area contributed by atoms with E-state index in [-0.39, 0.29) is 10.8 Å². The van der Waals surface area contributed by atoms with Gasteiger partial charge in [0, 0.05) is 31.6 Å². The smallest absolute Gasteiger partial charge is 0.0544 e. The molecule has 0 spiro atoms. The third-order valence-corrected chi connectivity index (χ3v) is 4.86. The maximum absolute atomic E-state index is 4.49. The van der Waals surface area contributed by atoms with Gasteiger partial charge in [0.25, 0.3) is 0 Å². The number of pyridine rings is 1. The van der Waals surface area contributed by atoms with Gasteiger partial charge in [-0.3, -0.25) is 9.88 Å². The Hall–Kier alpha value is -1.32. The molecule has 0 aliphatic rings. The minimum atomic E-state index is 0.144. The van der Waals surface area contributed by atoms with Gasteiger partial charge in [0.2, 0.25) is 0 Å². The van der Waals surface area contributed by atoms with Crippen LogP contribution in [0, 0.1) is 0 Å². The maximum atomic E-state index is 4.49. The first-order chi connectivity index (χ1) is 12.1. The van der Waals surface area contributed by atoms with Gasteiger partial charge in [0.05, 0.1) is 5.69 Å². The highest BCUT2D eigenvalue weighted by molar-refractivity contribution is 7.80. The molecule has 2 nitrogen and oxygen atoms in total. The zero-order valence-corrected chi connectivity index (χ0v) is 18.1. The fourth-order valence-corrected chi connectivity index (χ4v) is 3.27. The summed E-state index contributed by atoms with van der Waals surface area (Å²) in [4.78, 5) is 6.92. The molecule has 0 N–H and O–H groups in total. The summed E-state index contributed by atoms with van der Waals surface area (Å²) in [5.74, 6) is 0.845. The van der Waals surface area contributed by atoms with E-state index in [0.29, 0.717) is 0 Å². The number of aromatic nitrogens is 1. The minimum Gasteiger partial charge on any atom is -0.292 e. The summed E-state index contributed by atoms with van der Waals surface area (Å²) in [7, 11) is 0. The molecule has 0 aliphatic heterocycles. The number of thiol groups is 1. The lowest BCUT2D eigenvalue weighted by Crippen LogP contribution is -2.26. The second kappa shape index (κ2) is 8.58. The molecule has 3 heteroatoms. The molecular formula is C23H34N2S. The van der Waals surface area contributed by atoms with Crippen LogP contribution >= 0.6 is 12.6 Å². The zero-order chi connectivity index (χ0) is 19.4. The van der Waals surface area contributed by atoms with Crippen molar-refractivity contribution in [3.05, 3.63) is 65.0 Å². The number of nitrogens with zero attached hydrogens (tertiary/aromatic N) is 2. The number of benzene rings is 1. The van der Waals surface area contributed by atoms with E-state index in [4.69, 9.17) is 0 Å². The Morgan fingerprint density at radius 3 is 1.96 bits per heavy atom. The average molecular weight is 371 g/mol. The summed E-state index contributed by atoms with van der Waals surface area (Å²) >= 11 is 4.46. The van der Waals surface area contributed by atoms with Gasteiger partial charge in [-0.05, 0) is 39.7 Å². The van der Waals surface area contributed by atoms with Crippen LogP contribution in [0.1, 0.15) is 63.9 Å². The molecule has 0 fully saturated rings. The first kappa shape index (κ1) is 21.0. The molecule has 1 heterocycles. The van der Waals surface area contributed by atoms with Crippen LogP contribution in [0.2, 0.25) is 0 Å². The Bertz CT molecular complexity index is 664. The molecule has 2 aromatic rings. The quantitative estimate of drug-likeness (QED) is 0.665. The monoisotopic (exact) mass is 370 g/mol. The fourth-order valence-electron chi connectivity index (χ4n) is 2.98. The maximum Gasteiger partial charge on any atom is 0.0544 e. The highest BCUT2D eigenvalue weighted by Gasteiger charge is 2.21. The summed E-state index contributed by atoms with van der Waals surface area (Å²) in [6, 6.07) is 13.2. The third-order valence-electron chi connectivity index (χ3n) is 4.66. The van der Waals surface area contributed by atoms with E-state index in [1.165, 1.54) is 16.7 Å². The minimum absolute atomic E-state index is 0.144. The average Bonchev–Trinajstić information content (AvgIpc) is 2.54. The number of hydrogen-bond acceptors (Lipinski definition) is 3. The van der Waals surface area contributed by atoms with E-state index < -0.39 is 0 Å². The topological polar surface area (TPSA) is 16.1 Å². The highest BCUT2D eigenvalue weighted by atomic mass is 32.1. The molecule has 142 valence electrons. The molecular weight excluding hydrogens is 336 g/mol. The molecule has 0 radical (unpaired) electrons. The summed E-state index contributed by atoms with van der Waals surface area (Å²) in [5, 5.41) is 0. The first-order valence-electron chi connectivity index (χ1n) is 9.47. The van der Waals surface area contributed by atoms with Gasteiger partial charge in [-0.15, -0.1) is 0 Å². The molecule has 26 heavy (non-hydrogen) atoms.